The number of hydrogen-bond donors (Lipinski definition) is 0. The van der Waals surface area contributed by atoms with Gasteiger partial charge >= 0.3 is 0 Å². The summed E-state index contributed by atoms with van der Waals surface area (Å²) in [5.74, 6) is 0. The zero-order valence-electron chi connectivity index (χ0n) is 15.2. The molecule has 0 unspecified atom stereocenters. The number of hydrogen-bond acceptors (Lipinski definition) is 0. The van der Waals surface area contributed by atoms with Gasteiger partial charge in [-0.1, -0.05) is 72.8 Å². The molecule has 0 aliphatic carbocycles. The van der Waals surface area contributed by atoms with Crippen LogP contribution < -0.4 is 0 Å². The van der Waals surface area contributed by atoms with Crippen LogP contribution in [0, 0.1) is 0 Å². The van der Waals surface area contributed by atoms with Gasteiger partial charge in [0.2, 0.25) is 0 Å². The molecule has 0 spiro atoms. The third kappa shape index (κ3) is 1.75. The van der Waals surface area contributed by atoms with Crippen LogP contribution in [0.25, 0.3) is 64.6 Å². The Bertz CT molecular complexity index is 1700. The van der Waals surface area contributed by atoms with Gasteiger partial charge in [-0.3, -0.25) is 0 Å². The normalized spacial score (nSPS) is 12.3. The van der Waals surface area contributed by atoms with Gasteiger partial charge in [-0.15, -0.1) is 0 Å². The Hall–Kier alpha value is -3.64. The fourth-order valence-electron chi connectivity index (χ4n) is 5.05. The minimum atomic E-state index is 1.30. The molecule has 0 amide bonds. The molecule has 0 bridgehead atoms. The standard InChI is InChI=1S/C28H16/c1-2-6-18-16-26-22(13-17(18)5-1)15-21-10-9-20-14-19-7-3-4-8-23(19)24-11-12-25(26)28(21)27(20)24/h1-16H. The van der Waals surface area contributed by atoms with E-state index in [4.69, 9.17) is 0 Å². The van der Waals surface area contributed by atoms with Crippen molar-refractivity contribution in [3.8, 4) is 0 Å². The molecule has 0 heterocycles. The van der Waals surface area contributed by atoms with Crippen LogP contribution >= 0.6 is 0 Å². The average Bonchev–Trinajstić information content (AvgIpc) is 2.75. The molecule has 0 nitrogen and oxygen atoms in total. The summed E-state index contributed by atoms with van der Waals surface area (Å²) >= 11 is 0. The molecule has 0 aromatic heterocycles. The fraction of sp³-hybridized carbons (Fsp3) is 0. The second-order valence-corrected chi connectivity index (χ2v) is 7.82. The quantitative estimate of drug-likeness (QED) is 0.191. The highest BCUT2D eigenvalue weighted by atomic mass is 14.2. The van der Waals surface area contributed by atoms with Crippen molar-refractivity contribution >= 4 is 64.6 Å². The van der Waals surface area contributed by atoms with Crippen LogP contribution in [0.3, 0.4) is 0 Å². The molecule has 0 aliphatic rings. The summed E-state index contributed by atoms with van der Waals surface area (Å²) in [5, 5.41) is 16.0. The zero-order chi connectivity index (χ0) is 18.2. The summed E-state index contributed by atoms with van der Waals surface area (Å²) in [6.07, 6.45) is 0. The summed E-state index contributed by atoms with van der Waals surface area (Å²) in [6.45, 7) is 0. The highest BCUT2D eigenvalue weighted by Gasteiger charge is 2.13. The molecule has 128 valence electrons. The van der Waals surface area contributed by atoms with Gasteiger partial charge < -0.3 is 0 Å². The molecule has 0 saturated carbocycles. The lowest BCUT2D eigenvalue weighted by atomic mass is 9.88. The topological polar surface area (TPSA) is 0 Å². The summed E-state index contributed by atoms with van der Waals surface area (Å²) in [6, 6.07) is 36.0. The highest BCUT2D eigenvalue weighted by molar-refractivity contribution is 6.33. The van der Waals surface area contributed by atoms with Gasteiger partial charge in [0.05, 0.1) is 0 Å². The zero-order valence-corrected chi connectivity index (χ0v) is 15.2. The molecule has 0 aliphatic heterocycles. The van der Waals surface area contributed by atoms with Crippen LogP contribution in [0.1, 0.15) is 0 Å². The Morgan fingerprint density at radius 3 is 1.57 bits per heavy atom. The smallest absolute Gasteiger partial charge is 0.00201 e. The largest absolute Gasteiger partial charge is 0.0616 e. The van der Waals surface area contributed by atoms with Crippen LogP contribution in [-0.4, -0.2) is 0 Å². The Kier molecular flexibility index (Phi) is 2.57. The molecule has 28 heavy (non-hydrogen) atoms. The molecule has 7 rings (SSSR count). The Labute approximate surface area is 162 Å². The van der Waals surface area contributed by atoms with E-state index in [-0.39, 0.29) is 0 Å². The monoisotopic (exact) mass is 352 g/mol. The van der Waals surface area contributed by atoms with Crippen molar-refractivity contribution < 1.29 is 0 Å². The lowest BCUT2D eigenvalue weighted by Gasteiger charge is -2.15. The SMILES string of the molecule is c1ccc2cc3c(cc2c1)cc1ccc2cc4ccccc4c4ccc3c1c24. The molecule has 7 aromatic rings. The number of benzene rings is 7. The van der Waals surface area contributed by atoms with Crippen molar-refractivity contribution in [3.63, 3.8) is 0 Å². The fourth-order valence-corrected chi connectivity index (χ4v) is 5.05. The van der Waals surface area contributed by atoms with Gasteiger partial charge in [0.25, 0.3) is 0 Å². The summed E-state index contributed by atoms with van der Waals surface area (Å²) in [4.78, 5) is 0. The predicted molar refractivity (Wildman–Crippen MR) is 123 cm³/mol. The average molecular weight is 352 g/mol. The van der Waals surface area contributed by atoms with Crippen molar-refractivity contribution in [1.82, 2.24) is 0 Å². The lowest BCUT2D eigenvalue weighted by Crippen LogP contribution is -1.87. The van der Waals surface area contributed by atoms with Crippen LogP contribution in [-0.2, 0) is 0 Å². The van der Waals surface area contributed by atoms with E-state index in [1.807, 2.05) is 0 Å². The van der Waals surface area contributed by atoms with Gasteiger partial charge in [0, 0.05) is 0 Å². The molecule has 0 radical (unpaired) electrons. The van der Waals surface area contributed by atoms with Crippen LogP contribution in [0.2, 0.25) is 0 Å². The van der Waals surface area contributed by atoms with Gasteiger partial charge in [-0.25, -0.2) is 0 Å². The minimum Gasteiger partial charge on any atom is -0.0616 e. The van der Waals surface area contributed by atoms with E-state index < -0.39 is 0 Å². The van der Waals surface area contributed by atoms with Crippen molar-refractivity contribution in [2.24, 2.45) is 0 Å². The molecule has 0 atom stereocenters. The maximum atomic E-state index is 2.36. The molecular weight excluding hydrogens is 336 g/mol. The van der Waals surface area contributed by atoms with Gasteiger partial charge in [-0.2, -0.15) is 0 Å². The van der Waals surface area contributed by atoms with Crippen LogP contribution in [0.15, 0.2) is 97.1 Å². The molecular formula is C28H16. The van der Waals surface area contributed by atoms with E-state index in [0.717, 1.165) is 0 Å². The Morgan fingerprint density at radius 2 is 0.821 bits per heavy atom. The lowest BCUT2D eigenvalue weighted by molar-refractivity contribution is 1.79. The Balaban J connectivity index is 1.78. The van der Waals surface area contributed by atoms with E-state index in [1.165, 1.54) is 64.6 Å². The molecule has 7 aromatic carbocycles. The molecule has 0 saturated heterocycles. The first-order valence-corrected chi connectivity index (χ1v) is 9.79. The van der Waals surface area contributed by atoms with Gasteiger partial charge in [0.1, 0.15) is 0 Å². The second kappa shape index (κ2) is 4.99. The van der Waals surface area contributed by atoms with Crippen molar-refractivity contribution in [2.75, 3.05) is 0 Å². The summed E-state index contributed by atoms with van der Waals surface area (Å²) in [5.41, 5.74) is 0. The minimum absolute atomic E-state index is 1.30. The molecule has 0 heteroatoms. The van der Waals surface area contributed by atoms with Crippen molar-refractivity contribution in [3.05, 3.63) is 97.1 Å². The third-order valence-corrected chi connectivity index (χ3v) is 6.31. The maximum absolute atomic E-state index is 2.36. The first-order chi connectivity index (χ1) is 13.9. The van der Waals surface area contributed by atoms with E-state index in [0.29, 0.717) is 0 Å². The first kappa shape index (κ1) is 14.4. The van der Waals surface area contributed by atoms with E-state index in [2.05, 4.69) is 97.1 Å². The number of rotatable bonds is 0. The van der Waals surface area contributed by atoms with Crippen LogP contribution in [0.4, 0.5) is 0 Å². The maximum Gasteiger partial charge on any atom is -0.00201 e. The van der Waals surface area contributed by atoms with E-state index >= 15 is 0 Å². The second-order valence-electron chi connectivity index (χ2n) is 7.82. The predicted octanol–water partition coefficient (Wildman–Crippen LogP) is 8.04. The van der Waals surface area contributed by atoms with Crippen LogP contribution in [0.5, 0.6) is 0 Å². The summed E-state index contributed by atoms with van der Waals surface area (Å²) in [7, 11) is 0. The molecule has 0 N–H and O–H groups in total. The first-order valence-electron chi connectivity index (χ1n) is 9.79. The highest BCUT2D eigenvalue weighted by Crippen LogP contribution is 2.41. The van der Waals surface area contributed by atoms with Gasteiger partial charge in [0.15, 0.2) is 0 Å². The summed E-state index contributed by atoms with van der Waals surface area (Å²) < 4.78 is 0. The van der Waals surface area contributed by atoms with Crippen molar-refractivity contribution in [1.29, 1.82) is 0 Å². The van der Waals surface area contributed by atoms with Gasteiger partial charge in [-0.05, 0) is 88.9 Å². The van der Waals surface area contributed by atoms with E-state index in [9.17, 15) is 0 Å². The Morgan fingerprint density at radius 1 is 0.286 bits per heavy atom. The number of fused-ring (bicyclic) bond motifs is 5. The van der Waals surface area contributed by atoms with Crippen molar-refractivity contribution in [2.45, 2.75) is 0 Å². The molecule has 0 fully saturated rings. The third-order valence-electron chi connectivity index (χ3n) is 6.31. The van der Waals surface area contributed by atoms with E-state index in [1.54, 1.807) is 0 Å².